The Labute approximate surface area is 105 Å². The number of carbonyl (C=O) groups is 1. The molecule has 0 radical (unpaired) electrons. The van der Waals surface area contributed by atoms with Crippen LogP contribution in [0.2, 0.25) is 0 Å². The number of nitrogens with two attached hydrogens (primary N) is 1. The van der Waals surface area contributed by atoms with Crippen molar-refractivity contribution in [1.82, 2.24) is 4.98 Å². The van der Waals surface area contributed by atoms with Gasteiger partial charge in [0.05, 0.1) is 12.8 Å². The second-order valence-corrected chi connectivity index (χ2v) is 4.36. The van der Waals surface area contributed by atoms with E-state index in [-0.39, 0.29) is 5.69 Å². The molecular formula is C11H16N2O3S. The van der Waals surface area contributed by atoms with Crippen LogP contribution in [-0.2, 0) is 9.47 Å². The number of anilines is 1. The van der Waals surface area contributed by atoms with E-state index in [1.165, 1.54) is 18.9 Å². The molecular weight excluding hydrogens is 240 g/mol. The summed E-state index contributed by atoms with van der Waals surface area (Å²) in [5, 5.41) is 0.656. The molecule has 1 aromatic rings. The molecule has 0 saturated carbocycles. The number of nitrogens with zero attached hydrogens (tertiary/aromatic N) is 1. The van der Waals surface area contributed by atoms with Crippen LogP contribution in [0.3, 0.4) is 0 Å². The van der Waals surface area contributed by atoms with Gasteiger partial charge in [-0.1, -0.05) is 0 Å². The Morgan fingerprint density at radius 2 is 2.24 bits per heavy atom. The van der Waals surface area contributed by atoms with Crippen LogP contribution in [-0.4, -0.2) is 37.5 Å². The first-order valence-electron chi connectivity index (χ1n) is 5.15. The highest BCUT2D eigenvalue weighted by atomic mass is 32.2. The van der Waals surface area contributed by atoms with Crippen LogP contribution in [0, 0.1) is 0 Å². The maximum Gasteiger partial charge on any atom is 0.356 e. The Morgan fingerprint density at radius 3 is 2.88 bits per heavy atom. The number of hydrogen-bond acceptors (Lipinski definition) is 6. The standard InChI is InChI=1S/C11H16N2O3S/c1-15-6-3-7-17-10-8(12)4-5-9(13-10)11(14)16-2/h4-5H,3,6-7,12H2,1-2H3. The van der Waals surface area contributed by atoms with Crippen molar-refractivity contribution >= 4 is 23.4 Å². The molecule has 1 rings (SSSR count). The second kappa shape index (κ2) is 7.13. The van der Waals surface area contributed by atoms with Crippen molar-refractivity contribution in [2.24, 2.45) is 0 Å². The number of pyridine rings is 1. The van der Waals surface area contributed by atoms with Crippen molar-refractivity contribution < 1.29 is 14.3 Å². The van der Waals surface area contributed by atoms with Gasteiger partial charge in [-0.2, -0.15) is 0 Å². The first-order chi connectivity index (χ1) is 8.19. The molecule has 6 heteroatoms. The van der Waals surface area contributed by atoms with Gasteiger partial charge in [0.1, 0.15) is 10.7 Å². The molecule has 1 aromatic heterocycles. The van der Waals surface area contributed by atoms with E-state index in [0.29, 0.717) is 17.3 Å². The molecule has 0 fully saturated rings. The minimum atomic E-state index is -0.455. The summed E-state index contributed by atoms with van der Waals surface area (Å²) >= 11 is 1.51. The quantitative estimate of drug-likeness (QED) is 0.473. The van der Waals surface area contributed by atoms with Crippen molar-refractivity contribution in [3.63, 3.8) is 0 Å². The molecule has 1 heterocycles. The minimum Gasteiger partial charge on any atom is -0.464 e. The maximum absolute atomic E-state index is 11.3. The van der Waals surface area contributed by atoms with Gasteiger partial charge in [0.15, 0.2) is 0 Å². The maximum atomic E-state index is 11.3. The van der Waals surface area contributed by atoms with E-state index in [1.54, 1.807) is 19.2 Å². The molecule has 0 aliphatic carbocycles. The van der Waals surface area contributed by atoms with Gasteiger partial charge < -0.3 is 15.2 Å². The summed E-state index contributed by atoms with van der Waals surface area (Å²) < 4.78 is 9.55. The highest BCUT2D eigenvalue weighted by molar-refractivity contribution is 7.99. The molecule has 0 aromatic carbocycles. The Balaban J connectivity index is 2.66. The normalized spacial score (nSPS) is 10.2. The van der Waals surface area contributed by atoms with Crippen molar-refractivity contribution in [3.05, 3.63) is 17.8 Å². The van der Waals surface area contributed by atoms with Crippen molar-refractivity contribution in [2.75, 3.05) is 32.3 Å². The minimum absolute atomic E-state index is 0.274. The van der Waals surface area contributed by atoms with E-state index in [9.17, 15) is 4.79 Å². The monoisotopic (exact) mass is 256 g/mol. The Hall–Kier alpha value is -1.27. The topological polar surface area (TPSA) is 74.4 Å². The third kappa shape index (κ3) is 4.24. The lowest BCUT2D eigenvalue weighted by molar-refractivity contribution is 0.0593. The zero-order valence-corrected chi connectivity index (χ0v) is 10.8. The summed E-state index contributed by atoms with van der Waals surface area (Å²) in [7, 11) is 2.99. The van der Waals surface area contributed by atoms with Crippen LogP contribution in [0.4, 0.5) is 5.69 Å². The zero-order valence-electron chi connectivity index (χ0n) is 9.93. The van der Waals surface area contributed by atoms with Gasteiger partial charge in [0.2, 0.25) is 0 Å². The largest absolute Gasteiger partial charge is 0.464 e. The molecule has 0 aliphatic heterocycles. The summed E-state index contributed by atoms with van der Waals surface area (Å²) in [6.45, 7) is 0.698. The third-order valence-corrected chi connectivity index (χ3v) is 3.11. The lowest BCUT2D eigenvalue weighted by atomic mass is 10.3. The third-order valence-electron chi connectivity index (χ3n) is 2.02. The van der Waals surface area contributed by atoms with Crippen molar-refractivity contribution in [3.8, 4) is 0 Å². The van der Waals surface area contributed by atoms with Gasteiger partial charge in [-0.25, -0.2) is 9.78 Å². The summed E-state index contributed by atoms with van der Waals surface area (Å²) in [6, 6.07) is 3.22. The average molecular weight is 256 g/mol. The van der Waals surface area contributed by atoms with Gasteiger partial charge in [-0.3, -0.25) is 0 Å². The van der Waals surface area contributed by atoms with Crippen LogP contribution in [0.5, 0.6) is 0 Å². The summed E-state index contributed by atoms with van der Waals surface area (Å²) in [6.07, 6.45) is 0.907. The average Bonchev–Trinajstić information content (AvgIpc) is 2.35. The predicted molar refractivity (Wildman–Crippen MR) is 67.2 cm³/mol. The number of hydrogen-bond donors (Lipinski definition) is 1. The first kappa shape index (κ1) is 13.8. The lowest BCUT2D eigenvalue weighted by Crippen LogP contribution is -2.06. The van der Waals surface area contributed by atoms with Crippen molar-refractivity contribution in [2.45, 2.75) is 11.4 Å². The number of carbonyl (C=O) groups excluding carboxylic acids is 1. The van der Waals surface area contributed by atoms with E-state index in [0.717, 1.165) is 12.2 Å². The number of esters is 1. The van der Waals surface area contributed by atoms with Gasteiger partial charge in [0.25, 0.3) is 0 Å². The number of nitrogen functional groups attached to an aromatic ring is 1. The van der Waals surface area contributed by atoms with Gasteiger partial charge in [-0.15, -0.1) is 11.8 Å². The smallest absolute Gasteiger partial charge is 0.356 e. The van der Waals surface area contributed by atoms with Gasteiger partial charge in [0, 0.05) is 19.5 Å². The molecule has 0 bridgehead atoms. The summed E-state index contributed by atoms with van der Waals surface area (Å²) in [5.74, 6) is 0.388. The number of ether oxygens (including phenoxy) is 2. The van der Waals surface area contributed by atoms with E-state index in [4.69, 9.17) is 10.5 Å². The molecule has 0 saturated heterocycles. The van der Waals surface area contributed by atoms with Crippen LogP contribution in [0.1, 0.15) is 16.9 Å². The Kier molecular flexibility index (Phi) is 5.79. The van der Waals surface area contributed by atoms with Crippen molar-refractivity contribution in [1.29, 1.82) is 0 Å². The molecule has 0 unspecified atom stereocenters. The highest BCUT2D eigenvalue weighted by Crippen LogP contribution is 2.23. The van der Waals surface area contributed by atoms with E-state index in [1.807, 2.05) is 0 Å². The molecule has 0 spiro atoms. The van der Waals surface area contributed by atoms with E-state index in [2.05, 4.69) is 9.72 Å². The number of methoxy groups -OCH3 is 2. The number of aromatic nitrogens is 1. The Bertz CT molecular complexity index is 385. The zero-order chi connectivity index (χ0) is 12.7. The van der Waals surface area contributed by atoms with Gasteiger partial charge in [-0.05, 0) is 18.6 Å². The number of thioether (sulfide) groups is 1. The fourth-order valence-electron chi connectivity index (χ4n) is 1.16. The highest BCUT2D eigenvalue weighted by Gasteiger charge is 2.10. The first-order valence-corrected chi connectivity index (χ1v) is 6.14. The molecule has 0 aliphatic rings. The molecule has 5 nitrogen and oxygen atoms in total. The predicted octanol–water partition coefficient (Wildman–Crippen LogP) is 1.58. The lowest BCUT2D eigenvalue weighted by Gasteiger charge is -2.06. The van der Waals surface area contributed by atoms with Crippen LogP contribution >= 0.6 is 11.8 Å². The van der Waals surface area contributed by atoms with Crippen LogP contribution in [0.25, 0.3) is 0 Å². The fourth-order valence-corrected chi connectivity index (χ4v) is 2.01. The molecule has 2 N–H and O–H groups in total. The fraction of sp³-hybridized carbons (Fsp3) is 0.455. The van der Waals surface area contributed by atoms with Gasteiger partial charge >= 0.3 is 5.97 Å². The van der Waals surface area contributed by atoms with E-state index < -0.39 is 5.97 Å². The molecule has 17 heavy (non-hydrogen) atoms. The molecule has 0 atom stereocenters. The summed E-state index contributed by atoms with van der Waals surface area (Å²) in [5.41, 5.74) is 6.62. The van der Waals surface area contributed by atoms with E-state index >= 15 is 0 Å². The summed E-state index contributed by atoms with van der Waals surface area (Å²) in [4.78, 5) is 15.5. The van der Waals surface area contributed by atoms with Crippen LogP contribution in [0.15, 0.2) is 17.2 Å². The number of rotatable bonds is 6. The Morgan fingerprint density at radius 1 is 1.47 bits per heavy atom. The molecule has 94 valence electrons. The molecule has 0 amide bonds. The SMILES string of the molecule is COCCCSc1nc(C(=O)OC)ccc1N. The van der Waals surface area contributed by atoms with Crippen LogP contribution < -0.4 is 5.73 Å². The second-order valence-electron chi connectivity index (χ2n) is 3.28.